The van der Waals surface area contributed by atoms with Crippen LogP contribution in [0, 0.1) is 5.92 Å². The average Bonchev–Trinajstić information content (AvgIpc) is 2.10. The fraction of sp³-hybridized carbons (Fsp3) is 0.667. The van der Waals surface area contributed by atoms with Crippen molar-refractivity contribution in [1.82, 2.24) is 0 Å². The monoisotopic (exact) mass is 154 g/mol. The van der Waals surface area contributed by atoms with Crippen LogP contribution in [-0.2, 0) is 9.53 Å². The second kappa shape index (κ2) is 3.07. The van der Waals surface area contributed by atoms with Gasteiger partial charge in [0.15, 0.2) is 0 Å². The summed E-state index contributed by atoms with van der Waals surface area (Å²) in [5, 5.41) is 0. The highest BCUT2D eigenvalue weighted by Gasteiger charge is 2.27. The van der Waals surface area contributed by atoms with Gasteiger partial charge in [-0.25, -0.2) is 4.79 Å². The third kappa shape index (κ3) is 2.07. The summed E-state index contributed by atoms with van der Waals surface area (Å²) in [5.41, 5.74) is 0.621. The van der Waals surface area contributed by atoms with E-state index in [1.54, 1.807) is 0 Å². The van der Waals surface area contributed by atoms with Gasteiger partial charge >= 0.3 is 5.97 Å². The summed E-state index contributed by atoms with van der Waals surface area (Å²) in [6.45, 7) is 7.86. The zero-order chi connectivity index (χ0) is 8.43. The fourth-order valence-corrected chi connectivity index (χ4v) is 1.29. The Morgan fingerprint density at radius 2 is 2.36 bits per heavy atom. The van der Waals surface area contributed by atoms with Gasteiger partial charge in [0.25, 0.3) is 0 Å². The molecular weight excluding hydrogens is 140 g/mol. The molecule has 1 rings (SSSR count). The maximum Gasteiger partial charge on any atom is 0.333 e. The average molecular weight is 154 g/mol. The maximum atomic E-state index is 10.8. The molecule has 0 spiro atoms. The van der Waals surface area contributed by atoms with E-state index in [1.807, 2.05) is 0 Å². The topological polar surface area (TPSA) is 26.3 Å². The fourth-order valence-electron chi connectivity index (χ4n) is 1.29. The highest BCUT2D eigenvalue weighted by atomic mass is 16.5. The summed E-state index contributed by atoms with van der Waals surface area (Å²) >= 11 is 0. The van der Waals surface area contributed by atoms with E-state index in [4.69, 9.17) is 4.74 Å². The van der Waals surface area contributed by atoms with Gasteiger partial charge in [-0.1, -0.05) is 20.4 Å². The molecule has 1 heterocycles. The van der Waals surface area contributed by atoms with Crippen LogP contribution in [0.4, 0.5) is 0 Å². The standard InChI is InChI=1S/C9H14O2/c1-6(2)4-8-5-7(3)9(10)11-8/h6,8H,3-5H2,1-2H3/t8-/m0/s1. The SMILES string of the molecule is C=C1C[C@H](CC(C)C)OC1=O. The summed E-state index contributed by atoms with van der Waals surface area (Å²) < 4.78 is 5.05. The first-order valence-electron chi connectivity index (χ1n) is 3.98. The van der Waals surface area contributed by atoms with E-state index in [0.717, 1.165) is 12.8 Å². The second-order valence-corrected chi connectivity index (χ2v) is 3.46. The first-order chi connectivity index (χ1) is 5.09. The Hall–Kier alpha value is -0.790. The molecule has 0 aromatic heterocycles. The predicted molar refractivity (Wildman–Crippen MR) is 43.1 cm³/mol. The molecule has 0 aliphatic carbocycles. The minimum atomic E-state index is -0.212. The highest BCUT2D eigenvalue weighted by molar-refractivity contribution is 5.89. The molecule has 2 heteroatoms. The van der Waals surface area contributed by atoms with Gasteiger partial charge in [-0.2, -0.15) is 0 Å². The molecule has 0 amide bonds. The van der Waals surface area contributed by atoms with Gasteiger partial charge in [0.05, 0.1) is 0 Å². The number of esters is 1. The van der Waals surface area contributed by atoms with Crippen LogP contribution >= 0.6 is 0 Å². The summed E-state index contributed by atoms with van der Waals surface area (Å²) in [6, 6.07) is 0. The number of cyclic esters (lactones) is 1. The molecule has 11 heavy (non-hydrogen) atoms. The van der Waals surface area contributed by atoms with Crippen molar-refractivity contribution in [3.8, 4) is 0 Å². The molecule has 1 fully saturated rings. The predicted octanol–water partition coefficient (Wildman–Crippen LogP) is 1.90. The van der Waals surface area contributed by atoms with Crippen molar-refractivity contribution < 1.29 is 9.53 Å². The molecule has 1 atom stereocenters. The van der Waals surface area contributed by atoms with E-state index in [2.05, 4.69) is 20.4 Å². The zero-order valence-corrected chi connectivity index (χ0v) is 7.09. The Morgan fingerprint density at radius 3 is 2.73 bits per heavy atom. The van der Waals surface area contributed by atoms with Gasteiger partial charge in [-0.05, 0) is 12.3 Å². The van der Waals surface area contributed by atoms with Crippen molar-refractivity contribution in [3.05, 3.63) is 12.2 Å². The first-order valence-corrected chi connectivity index (χ1v) is 3.98. The molecule has 0 N–H and O–H groups in total. The van der Waals surface area contributed by atoms with E-state index < -0.39 is 0 Å². The molecular formula is C9H14O2. The van der Waals surface area contributed by atoms with Gasteiger partial charge in [-0.15, -0.1) is 0 Å². The highest BCUT2D eigenvalue weighted by Crippen LogP contribution is 2.23. The number of hydrogen-bond donors (Lipinski definition) is 0. The van der Waals surface area contributed by atoms with Gasteiger partial charge in [-0.3, -0.25) is 0 Å². The number of hydrogen-bond acceptors (Lipinski definition) is 2. The Balaban J connectivity index is 2.41. The van der Waals surface area contributed by atoms with Crippen molar-refractivity contribution in [1.29, 1.82) is 0 Å². The van der Waals surface area contributed by atoms with Gasteiger partial charge in [0, 0.05) is 12.0 Å². The number of carbonyl (C=O) groups is 1. The van der Waals surface area contributed by atoms with E-state index in [-0.39, 0.29) is 12.1 Å². The van der Waals surface area contributed by atoms with Crippen LogP contribution < -0.4 is 0 Å². The van der Waals surface area contributed by atoms with Crippen LogP contribution in [-0.4, -0.2) is 12.1 Å². The molecule has 1 aliphatic heterocycles. The molecule has 1 aliphatic rings. The van der Waals surface area contributed by atoms with Crippen molar-refractivity contribution >= 4 is 5.97 Å². The lowest BCUT2D eigenvalue weighted by atomic mass is 10.0. The molecule has 0 unspecified atom stereocenters. The molecule has 2 nitrogen and oxygen atoms in total. The lowest BCUT2D eigenvalue weighted by Gasteiger charge is -2.10. The minimum absolute atomic E-state index is 0.0926. The third-order valence-corrected chi connectivity index (χ3v) is 1.77. The zero-order valence-electron chi connectivity index (χ0n) is 7.09. The van der Waals surface area contributed by atoms with Crippen molar-refractivity contribution in [2.24, 2.45) is 5.92 Å². The molecule has 0 saturated carbocycles. The van der Waals surface area contributed by atoms with Crippen LogP contribution in [0.5, 0.6) is 0 Å². The second-order valence-electron chi connectivity index (χ2n) is 3.46. The largest absolute Gasteiger partial charge is 0.459 e. The summed E-state index contributed by atoms with van der Waals surface area (Å²) in [7, 11) is 0. The molecule has 0 aromatic rings. The van der Waals surface area contributed by atoms with Crippen LogP contribution in [0.1, 0.15) is 26.7 Å². The van der Waals surface area contributed by atoms with Crippen molar-refractivity contribution in [3.63, 3.8) is 0 Å². The number of ether oxygens (including phenoxy) is 1. The van der Waals surface area contributed by atoms with Crippen molar-refractivity contribution in [2.45, 2.75) is 32.8 Å². The Morgan fingerprint density at radius 1 is 1.73 bits per heavy atom. The number of rotatable bonds is 2. The molecule has 1 saturated heterocycles. The third-order valence-electron chi connectivity index (χ3n) is 1.77. The molecule has 0 radical (unpaired) electrons. The van der Waals surface area contributed by atoms with Crippen LogP contribution in [0.25, 0.3) is 0 Å². The Bertz CT molecular complexity index is 166. The summed E-state index contributed by atoms with van der Waals surface area (Å²) in [4.78, 5) is 10.8. The molecule has 62 valence electrons. The first kappa shape index (κ1) is 8.31. The van der Waals surface area contributed by atoms with Crippen LogP contribution in [0.2, 0.25) is 0 Å². The van der Waals surface area contributed by atoms with E-state index >= 15 is 0 Å². The lowest BCUT2D eigenvalue weighted by molar-refractivity contribution is -0.139. The van der Waals surface area contributed by atoms with E-state index in [0.29, 0.717) is 11.5 Å². The van der Waals surface area contributed by atoms with Crippen LogP contribution in [0.15, 0.2) is 12.2 Å². The minimum Gasteiger partial charge on any atom is -0.459 e. The summed E-state index contributed by atoms with van der Waals surface area (Å²) in [6.07, 6.45) is 1.76. The van der Waals surface area contributed by atoms with Crippen molar-refractivity contribution in [2.75, 3.05) is 0 Å². The maximum absolute atomic E-state index is 10.8. The molecule has 0 bridgehead atoms. The van der Waals surface area contributed by atoms with Crippen LogP contribution in [0.3, 0.4) is 0 Å². The summed E-state index contributed by atoms with van der Waals surface area (Å²) in [5.74, 6) is 0.370. The van der Waals surface area contributed by atoms with E-state index in [1.165, 1.54) is 0 Å². The lowest BCUT2D eigenvalue weighted by Crippen LogP contribution is -2.09. The van der Waals surface area contributed by atoms with Gasteiger partial charge in [0.2, 0.25) is 0 Å². The molecule has 0 aromatic carbocycles. The smallest absolute Gasteiger partial charge is 0.333 e. The normalized spacial score (nSPS) is 24.5. The van der Waals surface area contributed by atoms with E-state index in [9.17, 15) is 4.79 Å². The Labute approximate surface area is 67.2 Å². The number of carbonyl (C=O) groups excluding carboxylic acids is 1. The van der Waals surface area contributed by atoms with Gasteiger partial charge < -0.3 is 4.74 Å². The Kier molecular flexibility index (Phi) is 2.32. The quantitative estimate of drug-likeness (QED) is 0.448. The van der Waals surface area contributed by atoms with Gasteiger partial charge in [0.1, 0.15) is 6.10 Å².